The maximum Gasteiger partial charge on any atom is 0.258 e. The van der Waals surface area contributed by atoms with Crippen LogP contribution in [-0.2, 0) is 4.74 Å². The van der Waals surface area contributed by atoms with Gasteiger partial charge in [0, 0.05) is 51.2 Å². The molecule has 0 radical (unpaired) electrons. The zero-order valence-electron chi connectivity index (χ0n) is 15.6. The Labute approximate surface area is 161 Å². The van der Waals surface area contributed by atoms with Crippen molar-refractivity contribution in [3.8, 4) is 0 Å². The van der Waals surface area contributed by atoms with Gasteiger partial charge in [-0.25, -0.2) is 13.2 Å². The lowest BCUT2D eigenvalue weighted by atomic mass is 10.1. The van der Waals surface area contributed by atoms with Gasteiger partial charge in [-0.3, -0.25) is 9.69 Å². The summed E-state index contributed by atoms with van der Waals surface area (Å²) < 4.78 is 45.1. The first-order valence-corrected chi connectivity index (χ1v) is 9.00. The molecule has 8 heteroatoms. The lowest BCUT2D eigenvalue weighted by molar-refractivity contribution is 0.102. The van der Waals surface area contributed by atoms with Gasteiger partial charge in [-0.2, -0.15) is 0 Å². The van der Waals surface area contributed by atoms with Crippen molar-refractivity contribution in [2.45, 2.75) is 0 Å². The average Bonchev–Trinajstić information content (AvgIpc) is 2.71. The predicted octanol–water partition coefficient (Wildman–Crippen LogP) is 3.12. The number of nitrogens with one attached hydrogen (secondary N) is 1. The Kier molecular flexibility index (Phi) is 6.53. The van der Waals surface area contributed by atoms with Crippen LogP contribution >= 0.6 is 0 Å². The Morgan fingerprint density at radius 1 is 1.00 bits per heavy atom. The quantitative estimate of drug-likeness (QED) is 0.766. The van der Waals surface area contributed by atoms with E-state index in [0.29, 0.717) is 12.3 Å². The summed E-state index contributed by atoms with van der Waals surface area (Å²) in [5, 5.41) is 2.50. The fourth-order valence-electron chi connectivity index (χ4n) is 3.11. The number of piperazine rings is 1. The SMILES string of the molecule is COCCN1CCN(c2ccc(NC(=O)c3ccc(F)c(F)c3F)cc2)CC1. The second-order valence-corrected chi connectivity index (χ2v) is 6.55. The number of rotatable bonds is 6. The van der Waals surface area contributed by atoms with Crippen LogP contribution in [-0.4, -0.2) is 57.2 Å². The van der Waals surface area contributed by atoms with E-state index in [1.54, 1.807) is 19.2 Å². The molecule has 5 nitrogen and oxygen atoms in total. The van der Waals surface area contributed by atoms with Gasteiger partial charge >= 0.3 is 0 Å². The topological polar surface area (TPSA) is 44.8 Å². The lowest BCUT2D eigenvalue weighted by Crippen LogP contribution is -2.47. The molecule has 1 fully saturated rings. The van der Waals surface area contributed by atoms with Crippen LogP contribution in [0.25, 0.3) is 0 Å². The van der Waals surface area contributed by atoms with Gasteiger partial charge in [-0.1, -0.05) is 0 Å². The number of nitrogens with zero attached hydrogens (tertiary/aromatic N) is 2. The summed E-state index contributed by atoms with van der Waals surface area (Å²) >= 11 is 0. The van der Waals surface area contributed by atoms with Gasteiger partial charge in [-0.05, 0) is 36.4 Å². The highest BCUT2D eigenvalue weighted by atomic mass is 19.2. The molecular weight excluding hydrogens is 371 g/mol. The van der Waals surface area contributed by atoms with Gasteiger partial charge in [0.25, 0.3) is 5.91 Å². The molecule has 1 heterocycles. The Bertz CT molecular complexity index is 822. The van der Waals surface area contributed by atoms with Crippen molar-refractivity contribution < 1.29 is 22.7 Å². The van der Waals surface area contributed by atoms with Crippen LogP contribution in [0.15, 0.2) is 36.4 Å². The van der Waals surface area contributed by atoms with Crippen molar-refractivity contribution in [2.24, 2.45) is 0 Å². The largest absolute Gasteiger partial charge is 0.383 e. The minimum absolute atomic E-state index is 0.441. The molecule has 3 rings (SSSR count). The summed E-state index contributed by atoms with van der Waals surface area (Å²) in [6.45, 7) is 5.28. The maximum absolute atomic E-state index is 13.7. The summed E-state index contributed by atoms with van der Waals surface area (Å²) in [6.07, 6.45) is 0. The molecule has 1 aliphatic rings. The summed E-state index contributed by atoms with van der Waals surface area (Å²) in [5.41, 5.74) is 0.912. The van der Waals surface area contributed by atoms with Gasteiger partial charge in [0.05, 0.1) is 12.2 Å². The van der Waals surface area contributed by atoms with Crippen LogP contribution in [0.4, 0.5) is 24.5 Å². The molecule has 28 heavy (non-hydrogen) atoms. The Morgan fingerprint density at radius 2 is 1.68 bits per heavy atom. The maximum atomic E-state index is 13.7. The Balaban J connectivity index is 1.59. The number of anilines is 2. The van der Waals surface area contributed by atoms with Crippen molar-refractivity contribution in [1.29, 1.82) is 0 Å². The van der Waals surface area contributed by atoms with Gasteiger partial charge in [0.2, 0.25) is 0 Å². The Hall–Kier alpha value is -2.58. The molecule has 1 aliphatic heterocycles. The van der Waals surface area contributed by atoms with Crippen LogP contribution in [0.3, 0.4) is 0 Å². The summed E-state index contributed by atoms with van der Waals surface area (Å²) in [5.74, 6) is -5.33. The van der Waals surface area contributed by atoms with E-state index in [9.17, 15) is 18.0 Å². The van der Waals surface area contributed by atoms with Crippen molar-refractivity contribution in [3.63, 3.8) is 0 Å². The number of methoxy groups -OCH3 is 1. The first kappa shape index (κ1) is 20.2. The van der Waals surface area contributed by atoms with Crippen molar-refractivity contribution in [2.75, 3.05) is 56.7 Å². The highest BCUT2D eigenvalue weighted by Crippen LogP contribution is 2.21. The zero-order chi connectivity index (χ0) is 20.1. The molecule has 0 bridgehead atoms. The van der Waals surface area contributed by atoms with E-state index in [2.05, 4.69) is 15.1 Å². The number of halogens is 3. The third kappa shape index (κ3) is 4.63. The number of amides is 1. The lowest BCUT2D eigenvalue weighted by Gasteiger charge is -2.36. The monoisotopic (exact) mass is 393 g/mol. The van der Waals surface area contributed by atoms with Crippen molar-refractivity contribution >= 4 is 17.3 Å². The van der Waals surface area contributed by atoms with Crippen LogP contribution < -0.4 is 10.2 Å². The highest BCUT2D eigenvalue weighted by Gasteiger charge is 2.19. The number of carbonyl (C=O) groups excluding carboxylic acids is 1. The minimum Gasteiger partial charge on any atom is -0.383 e. The number of hydrogen-bond donors (Lipinski definition) is 1. The molecule has 0 aliphatic carbocycles. The summed E-state index contributed by atoms with van der Waals surface area (Å²) in [6, 6.07) is 8.76. The molecule has 0 spiro atoms. The summed E-state index contributed by atoms with van der Waals surface area (Å²) in [4.78, 5) is 16.7. The van der Waals surface area contributed by atoms with Gasteiger partial charge < -0.3 is 15.0 Å². The third-order valence-corrected chi connectivity index (χ3v) is 4.75. The van der Waals surface area contributed by atoms with E-state index < -0.39 is 28.9 Å². The van der Waals surface area contributed by atoms with Crippen LogP contribution in [0.5, 0.6) is 0 Å². The molecule has 1 saturated heterocycles. The standard InChI is InChI=1S/C20H22F3N3O2/c1-28-13-12-25-8-10-26(11-9-25)15-4-2-14(3-5-15)24-20(27)16-6-7-17(21)19(23)18(16)22/h2-7H,8-13H2,1H3,(H,24,27). The van der Waals surface area contributed by atoms with Gasteiger partial charge in [0.1, 0.15) is 0 Å². The molecule has 0 aromatic heterocycles. The average molecular weight is 393 g/mol. The summed E-state index contributed by atoms with van der Waals surface area (Å²) in [7, 11) is 1.69. The number of carbonyl (C=O) groups is 1. The number of hydrogen-bond acceptors (Lipinski definition) is 4. The van der Waals surface area contributed by atoms with Gasteiger partial charge in [0.15, 0.2) is 17.5 Å². The number of benzene rings is 2. The van der Waals surface area contributed by atoms with E-state index in [0.717, 1.165) is 50.5 Å². The minimum atomic E-state index is -1.66. The van der Waals surface area contributed by atoms with E-state index in [4.69, 9.17) is 4.74 Å². The molecular formula is C20H22F3N3O2. The molecule has 2 aromatic carbocycles. The molecule has 0 atom stereocenters. The zero-order valence-corrected chi connectivity index (χ0v) is 15.6. The van der Waals surface area contributed by atoms with Crippen LogP contribution in [0.2, 0.25) is 0 Å². The Morgan fingerprint density at radius 3 is 2.32 bits per heavy atom. The molecule has 1 amide bonds. The van der Waals surface area contributed by atoms with Gasteiger partial charge in [-0.15, -0.1) is 0 Å². The van der Waals surface area contributed by atoms with E-state index in [-0.39, 0.29) is 0 Å². The number of ether oxygens (including phenoxy) is 1. The van der Waals surface area contributed by atoms with E-state index >= 15 is 0 Å². The first-order valence-electron chi connectivity index (χ1n) is 9.00. The van der Waals surface area contributed by atoms with Crippen molar-refractivity contribution in [1.82, 2.24) is 4.90 Å². The highest BCUT2D eigenvalue weighted by molar-refractivity contribution is 6.04. The molecule has 0 saturated carbocycles. The second-order valence-electron chi connectivity index (χ2n) is 6.55. The fourth-order valence-corrected chi connectivity index (χ4v) is 3.11. The molecule has 1 N–H and O–H groups in total. The first-order chi connectivity index (χ1) is 13.5. The molecule has 150 valence electrons. The van der Waals surface area contributed by atoms with E-state index in [1.165, 1.54) is 0 Å². The normalized spacial score (nSPS) is 14.9. The third-order valence-electron chi connectivity index (χ3n) is 4.75. The predicted molar refractivity (Wildman–Crippen MR) is 101 cm³/mol. The smallest absolute Gasteiger partial charge is 0.258 e. The molecule has 2 aromatic rings. The molecule has 0 unspecified atom stereocenters. The van der Waals surface area contributed by atoms with Crippen molar-refractivity contribution in [3.05, 3.63) is 59.4 Å². The second kappa shape index (κ2) is 9.07. The fraction of sp³-hybridized carbons (Fsp3) is 0.350. The van der Waals surface area contributed by atoms with Crippen LogP contribution in [0.1, 0.15) is 10.4 Å². The van der Waals surface area contributed by atoms with E-state index in [1.807, 2.05) is 12.1 Å². The van der Waals surface area contributed by atoms with Crippen LogP contribution in [0, 0.1) is 17.5 Å².